The summed E-state index contributed by atoms with van der Waals surface area (Å²) in [6, 6.07) is 9.07. The second kappa shape index (κ2) is 6.31. The molecular formula is C17H23N3O. The molecule has 21 heavy (non-hydrogen) atoms. The van der Waals surface area contributed by atoms with Crippen LogP contribution in [0.2, 0.25) is 0 Å². The number of hydrogen-bond acceptors (Lipinski definition) is 3. The monoisotopic (exact) mass is 285 g/mol. The van der Waals surface area contributed by atoms with Crippen molar-refractivity contribution in [3.8, 4) is 5.75 Å². The molecule has 1 unspecified atom stereocenters. The van der Waals surface area contributed by atoms with Crippen molar-refractivity contribution >= 4 is 0 Å². The summed E-state index contributed by atoms with van der Waals surface area (Å²) in [6.45, 7) is 3.87. The lowest BCUT2D eigenvalue weighted by Gasteiger charge is -2.13. The molecule has 1 atom stereocenters. The van der Waals surface area contributed by atoms with Crippen LogP contribution in [0, 0.1) is 0 Å². The Bertz CT molecular complexity index is 606. The van der Waals surface area contributed by atoms with Crippen molar-refractivity contribution < 1.29 is 4.74 Å². The molecule has 0 fully saturated rings. The quantitative estimate of drug-likeness (QED) is 0.887. The maximum atomic E-state index is 5.89. The predicted molar refractivity (Wildman–Crippen MR) is 83.6 cm³/mol. The number of fused-ring (bicyclic) bond motifs is 1. The van der Waals surface area contributed by atoms with Crippen molar-refractivity contribution in [2.75, 3.05) is 13.2 Å². The van der Waals surface area contributed by atoms with Gasteiger partial charge in [0.2, 0.25) is 0 Å². The van der Waals surface area contributed by atoms with Gasteiger partial charge in [0.15, 0.2) is 0 Å². The summed E-state index contributed by atoms with van der Waals surface area (Å²) in [4.78, 5) is 0. The number of hydrogen-bond donors (Lipinski definition) is 1. The predicted octanol–water partition coefficient (Wildman–Crippen LogP) is 2.64. The molecule has 4 heteroatoms. The molecule has 112 valence electrons. The maximum absolute atomic E-state index is 5.89. The molecule has 1 heterocycles. The Morgan fingerprint density at radius 2 is 2.29 bits per heavy atom. The lowest BCUT2D eigenvalue weighted by atomic mass is 10.1. The van der Waals surface area contributed by atoms with Crippen LogP contribution in [0.1, 0.15) is 36.2 Å². The van der Waals surface area contributed by atoms with Gasteiger partial charge in [0.1, 0.15) is 5.75 Å². The Morgan fingerprint density at radius 1 is 1.38 bits per heavy atom. The van der Waals surface area contributed by atoms with Gasteiger partial charge >= 0.3 is 0 Å². The van der Waals surface area contributed by atoms with Crippen molar-refractivity contribution in [2.45, 2.75) is 32.2 Å². The Hall–Kier alpha value is -1.81. The van der Waals surface area contributed by atoms with E-state index in [1.54, 1.807) is 0 Å². The van der Waals surface area contributed by atoms with E-state index in [4.69, 9.17) is 4.74 Å². The Labute approximate surface area is 126 Å². The van der Waals surface area contributed by atoms with Crippen LogP contribution in [-0.2, 0) is 19.9 Å². The summed E-state index contributed by atoms with van der Waals surface area (Å²) in [5.41, 5.74) is 4.07. The molecule has 1 aromatic carbocycles. The summed E-state index contributed by atoms with van der Waals surface area (Å²) in [5.74, 6) is 0.980. The molecule has 1 aliphatic rings. The topological polar surface area (TPSA) is 39.1 Å². The van der Waals surface area contributed by atoms with Gasteiger partial charge in [0.05, 0.1) is 6.61 Å². The normalized spacial score (nSPS) is 17.0. The van der Waals surface area contributed by atoms with E-state index in [2.05, 4.69) is 35.5 Å². The van der Waals surface area contributed by atoms with Gasteiger partial charge in [-0.2, -0.15) is 5.10 Å². The fourth-order valence-corrected chi connectivity index (χ4v) is 3.06. The summed E-state index contributed by atoms with van der Waals surface area (Å²) in [7, 11) is 1.96. The van der Waals surface area contributed by atoms with Crippen LogP contribution in [0.3, 0.4) is 0 Å². The number of ether oxygens (including phenoxy) is 1. The third kappa shape index (κ3) is 3.10. The molecule has 0 radical (unpaired) electrons. The fraction of sp³-hybridized carbons (Fsp3) is 0.471. The zero-order valence-corrected chi connectivity index (χ0v) is 12.8. The van der Waals surface area contributed by atoms with Gasteiger partial charge in [-0.1, -0.05) is 13.0 Å². The van der Waals surface area contributed by atoms with Crippen molar-refractivity contribution in [2.24, 2.45) is 7.05 Å². The molecular weight excluding hydrogens is 262 g/mol. The lowest BCUT2D eigenvalue weighted by molar-refractivity contribution is 0.318. The third-order valence-electron chi connectivity index (χ3n) is 4.19. The molecule has 1 N–H and O–H groups in total. The van der Waals surface area contributed by atoms with Gasteiger partial charge in [-0.25, -0.2) is 0 Å². The van der Waals surface area contributed by atoms with E-state index in [1.165, 1.54) is 23.2 Å². The highest BCUT2D eigenvalue weighted by Crippen LogP contribution is 2.33. The van der Waals surface area contributed by atoms with E-state index in [-0.39, 0.29) is 0 Å². The molecule has 0 saturated carbocycles. The zero-order valence-electron chi connectivity index (χ0n) is 12.8. The molecule has 3 rings (SSSR count). The number of aryl methyl sites for hydroxylation is 2. The second-order valence-corrected chi connectivity index (χ2v) is 5.55. The summed E-state index contributed by atoms with van der Waals surface area (Å²) >= 11 is 0. The smallest absolute Gasteiger partial charge is 0.119 e. The second-order valence-electron chi connectivity index (χ2n) is 5.55. The Morgan fingerprint density at radius 3 is 3.05 bits per heavy atom. The molecule has 0 aliphatic heterocycles. The van der Waals surface area contributed by atoms with E-state index in [0.29, 0.717) is 12.6 Å². The van der Waals surface area contributed by atoms with E-state index in [9.17, 15) is 0 Å². The number of aromatic nitrogens is 2. The lowest BCUT2D eigenvalue weighted by Crippen LogP contribution is -2.18. The van der Waals surface area contributed by atoms with Crippen molar-refractivity contribution in [1.82, 2.24) is 15.1 Å². The number of benzene rings is 1. The van der Waals surface area contributed by atoms with Gasteiger partial charge in [0, 0.05) is 31.4 Å². The van der Waals surface area contributed by atoms with E-state index < -0.39 is 0 Å². The van der Waals surface area contributed by atoms with Gasteiger partial charge in [-0.15, -0.1) is 0 Å². The Kier molecular flexibility index (Phi) is 4.25. The molecule has 2 aromatic rings. The SMILES string of the molecule is CCNC1CCc2cc(OCCc3ccnn3C)ccc21. The third-order valence-corrected chi connectivity index (χ3v) is 4.19. The number of nitrogens with zero attached hydrogens (tertiary/aromatic N) is 2. The largest absolute Gasteiger partial charge is 0.493 e. The van der Waals surface area contributed by atoms with Crippen molar-refractivity contribution in [3.63, 3.8) is 0 Å². The maximum Gasteiger partial charge on any atom is 0.119 e. The van der Waals surface area contributed by atoms with E-state index in [0.717, 1.165) is 25.1 Å². The van der Waals surface area contributed by atoms with Crippen LogP contribution < -0.4 is 10.1 Å². The summed E-state index contributed by atoms with van der Waals surface area (Å²) in [6.07, 6.45) is 5.05. The minimum absolute atomic E-state index is 0.522. The van der Waals surface area contributed by atoms with E-state index >= 15 is 0 Å². The first kappa shape index (κ1) is 14.1. The molecule has 1 aliphatic carbocycles. The van der Waals surface area contributed by atoms with Gasteiger partial charge in [-0.05, 0) is 48.7 Å². The van der Waals surface area contributed by atoms with Gasteiger partial charge < -0.3 is 10.1 Å². The minimum atomic E-state index is 0.522. The van der Waals surface area contributed by atoms with Gasteiger partial charge in [0.25, 0.3) is 0 Å². The van der Waals surface area contributed by atoms with Crippen molar-refractivity contribution in [1.29, 1.82) is 0 Å². The van der Waals surface area contributed by atoms with Crippen LogP contribution in [0.25, 0.3) is 0 Å². The first-order chi connectivity index (χ1) is 10.3. The highest BCUT2D eigenvalue weighted by atomic mass is 16.5. The van der Waals surface area contributed by atoms with Crippen LogP contribution in [0.15, 0.2) is 30.5 Å². The standard InChI is InChI=1S/C17H23N3O/c1-3-18-17-7-4-13-12-15(5-6-16(13)17)21-11-9-14-8-10-19-20(14)2/h5-6,8,10,12,17-18H,3-4,7,9,11H2,1-2H3. The first-order valence-electron chi connectivity index (χ1n) is 7.74. The molecule has 1 aromatic heterocycles. The van der Waals surface area contributed by atoms with Crippen LogP contribution in [0.4, 0.5) is 0 Å². The van der Waals surface area contributed by atoms with Crippen LogP contribution >= 0.6 is 0 Å². The average Bonchev–Trinajstić information content (AvgIpc) is 3.07. The zero-order chi connectivity index (χ0) is 14.7. The summed E-state index contributed by atoms with van der Waals surface area (Å²) < 4.78 is 7.79. The molecule has 0 saturated heterocycles. The molecule has 4 nitrogen and oxygen atoms in total. The van der Waals surface area contributed by atoms with Gasteiger partial charge in [-0.3, -0.25) is 4.68 Å². The summed E-state index contributed by atoms with van der Waals surface area (Å²) in [5, 5.41) is 7.71. The molecule has 0 spiro atoms. The van der Waals surface area contributed by atoms with Crippen LogP contribution in [-0.4, -0.2) is 22.9 Å². The minimum Gasteiger partial charge on any atom is -0.493 e. The molecule has 0 bridgehead atoms. The first-order valence-corrected chi connectivity index (χ1v) is 7.74. The molecule has 0 amide bonds. The number of nitrogens with one attached hydrogen (secondary N) is 1. The fourth-order valence-electron chi connectivity index (χ4n) is 3.06. The average molecular weight is 285 g/mol. The highest BCUT2D eigenvalue weighted by Gasteiger charge is 2.21. The Balaban J connectivity index is 1.59. The van der Waals surface area contributed by atoms with E-state index in [1.807, 2.05) is 24.0 Å². The highest BCUT2D eigenvalue weighted by molar-refractivity contribution is 5.40. The van der Waals surface area contributed by atoms with Crippen molar-refractivity contribution in [3.05, 3.63) is 47.3 Å². The van der Waals surface area contributed by atoms with Crippen LogP contribution in [0.5, 0.6) is 5.75 Å². The number of rotatable bonds is 6.